The van der Waals surface area contributed by atoms with Crippen molar-refractivity contribution < 1.29 is 43.2 Å². The maximum Gasteiger partial charge on any atom is 0.262 e. The molecule has 0 heterocycles. The zero-order chi connectivity index (χ0) is 29.3. The van der Waals surface area contributed by atoms with Crippen molar-refractivity contribution in [1.82, 2.24) is 0 Å². The number of phenolic OH excluding ortho intramolecular Hbond substituents is 1. The molecule has 7 N–H and O–H groups in total. The standard InChI is InChI=1S/C27H29N3O9S/c1-30(2)17-11-16(29-40(38,39)14-6-4-3-5-7-14)22(32)20-15(17)9-12-8-13-10-18(31)21(26(28)36)25(35)27(13,37)24(34)19(12)23(20)33/h3-7,11-13,18,21,29,31-32,34,37H,8-10H2,1-2H3,(H2,28,36)/t12-,13+,18?,21?,27+/m1/s1. The van der Waals surface area contributed by atoms with Crippen LogP contribution in [0.15, 0.2) is 52.6 Å². The smallest absolute Gasteiger partial charge is 0.262 e. The number of carbonyl (C=O) groups excluding carboxylic acids is 3. The quantitative estimate of drug-likeness (QED) is 0.218. The Morgan fingerprint density at radius 1 is 1.12 bits per heavy atom. The number of fused-ring (bicyclic) bond motifs is 3. The molecule has 1 fully saturated rings. The molecule has 3 aliphatic rings. The van der Waals surface area contributed by atoms with E-state index in [9.17, 15) is 43.2 Å². The molecule has 2 aromatic rings. The molecule has 12 nitrogen and oxygen atoms in total. The van der Waals surface area contributed by atoms with Crippen LogP contribution in [0.3, 0.4) is 0 Å². The SMILES string of the molecule is CN(C)c1cc(NS(=O)(=O)c2ccccc2)c(O)c2c1C[C@H]1C[C@H]3CC(O)C(C(N)=O)C(=O)[C@@]3(O)C(O)=C1C2=O. The van der Waals surface area contributed by atoms with E-state index in [4.69, 9.17) is 5.73 Å². The first-order valence-electron chi connectivity index (χ1n) is 12.6. The van der Waals surface area contributed by atoms with Gasteiger partial charge in [-0.05, 0) is 48.9 Å². The van der Waals surface area contributed by atoms with Crippen LogP contribution in [0.2, 0.25) is 0 Å². The molecule has 40 heavy (non-hydrogen) atoms. The van der Waals surface area contributed by atoms with Crippen molar-refractivity contribution in [3.05, 3.63) is 58.9 Å². The van der Waals surface area contributed by atoms with Crippen LogP contribution in [0.1, 0.15) is 28.8 Å². The largest absolute Gasteiger partial charge is 0.508 e. The Morgan fingerprint density at radius 2 is 1.77 bits per heavy atom. The molecular weight excluding hydrogens is 542 g/mol. The summed E-state index contributed by atoms with van der Waals surface area (Å²) in [6.07, 6.45) is -1.55. The summed E-state index contributed by atoms with van der Waals surface area (Å²) in [4.78, 5) is 40.5. The summed E-state index contributed by atoms with van der Waals surface area (Å²) in [6, 6.07) is 8.82. The Morgan fingerprint density at radius 3 is 2.38 bits per heavy atom. The lowest BCUT2D eigenvalue weighted by Crippen LogP contribution is -2.63. The van der Waals surface area contributed by atoms with E-state index in [-0.39, 0.29) is 41.0 Å². The van der Waals surface area contributed by atoms with Gasteiger partial charge in [-0.3, -0.25) is 19.1 Å². The van der Waals surface area contributed by atoms with Gasteiger partial charge in [0.05, 0.1) is 22.3 Å². The minimum Gasteiger partial charge on any atom is -0.508 e. The van der Waals surface area contributed by atoms with Gasteiger partial charge >= 0.3 is 0 Å². The third-order valence-corrected chi connectivity index (χ3v) is 9.53. The third kappa shape index (κ3) is 3.95. The van der Waals surface area contributed by atoms with Gasteiger partial charge in [0.1, 0.15) is 11.7 Å². The number of sulfonamides is 1. The highest BCUT2D eigenvalue weighted by atomic mass is 32.2. The van der Waals surface area contributed by atoms with E-state index in [2.05, 4.69) is 4.72 Å². The van der Waals surface area contributed by atoms with Crippen LogP contribution < -0.4 is 15.4 Å². The fourth-order valence-electron chi connectivity index (χ4n) is 6.26. The Kier molecular flexibility index (Phi) is 6.44. The second kappa shape index (κ2) is 9.32. The molecule has 1 amide bonds. The Hall–Kier alpha value is -3.94. The number of carbonyl (C=O) groups is 3. The second-order valence-electron chi connectivity index (χ2n) is 10.7. The molecule has 0 radical (unpaired) electrons. The highest BCUT2D eigenvalue weighted by molar-refractivity contribution is 7.92. The molecule has 2 aromatic carbocycles. The summed E-state index contributed by atoms with van der Waals surface area (Å²) < 4.78 is 28.3. The van der Waals surface area contributed by atoms with Crippen LogP contribution >= 0.6 is 0 Å². The highest BCUT2D eigenvalue weighted by Crippen LogP contribution is 2.53. The third-order valence-electron chi connectivity index (χ3n) is 8.15. The Labute approximate surface area is 229 Å². The van der Waals surface area contributed by atoms with E-state index in [1.165, 1.54) is 30.3 Å². The number of aliphatic hydroxyl groups is 3. The number of nitrogens with one attached hydrogen (secondary N) is 1. The van der Waals surface area contributed by atoms with Crippen molar-refractivity contribution in [3.63, 3.8) is 0 Å². The molecule has 1 saturated carbocycles. The number of Topliss-reactive ketones (excluding diaryl/α,β-unsaturated/α-hetero) is 2. The number of primary amides is 1. The van der Waals surface area contributed by atoms with E-state index in [1.54, 1.807) is 25.1 Å². The van der Waals surface area contributed by atoms with Crippen LogP contribution in [0, 0.1) is 17.8 Å². The summed E-state index contributed by atoms with van der Waals surface area (Å²) >= 11 is 0. The fraction of sp³-hybridized carbons (Fsp3) is 0.370. The fourth-order valence-corrected chi connectivity index (χ4v) is 7.33. The van der Waals surface area contributed by atoms with Crippen molar-refractivity contribution in [1.29, 1.82) is 0 Å². The number of hydrogen-bond donors (Lipinski definition) is 6. The zero-order valence-electron chi connectivity index (χ0n) is 21.7. The number of aliphatic hydroxyl groups excluding tert-OH is 2. The second-order valence-corrected chi connectivity index (χ2v) is 12.4. The number of anilines is 2. The molecule has 0 bridgehead atoms. The molecule has 13 heteroatoms. The van der Waals surface area contributed by atoms with E-state index in [0.29, 0.717) is 11.3 Å². The molecule has 2 unspecified atom stereocenters. The molecule has 0 saturated heterocycles. The monoisotopic (exact) mass is 571 g/mol. The molecule has 0 aromatic heterocycles. The summed E-state index contributed by atoms with van der Waals surface area (Å²) in [6.45, 7) is 0. The molecule has 212 valence electrons. The van der Waals surface area contributed by atoms with Crippen LogP contribution in [0.25, 0.3) is 0 Å². The molecule has 5 atom stereocenters. The van der Waals surface area contributed by atoms with Gasteiger partial charge in [-0.1, -0.05) is 18.2 Å². The normalized spacial score (nSPS) is 27.9. The van der Waals surface area contributed by atoms with Gasteiger partial charge < -0.3 is 31.1 Å². The maximum absolute atomic E-state index is 13.9. The number of amides is 1. The van der Waals surface area contributed by atoms with Crippen LogP contribution in [-0.2, 0) is 26.0 Å². The van der Waals surface area contributed by atoms with Gasteiger partial charge in [0.15, 0.2) is 22.9 Å². The first-order valence-corrected chi connectivity index (χ1v) is 14.0. The average Bonchev–Trinajstić information content (AvgIpc) is 2.87. The number of nitrogens with zero attached hydrogens (tertiary/aromatic N) is 1. The minimum atomic E-state index is -4.16. The van der Waals surface area contributed by atoms with Crippen LogP contribution in [0.4, 0.5) is 11.4 Å². The number of phenols is 1. The van der Waals surface area contributed by atoms with Crippen molar-refractivity contribution in [2.45, 2.75) is 35.9 Å². The van der Waals surface area contributed by atoms with E-state index < -0.39 is 68.5 Å². The van der Waals surface area contributed by atoms with Crippen molar-refractivity contribution in [2.75, 3.05) is 23.7 Å². The Bertz CT molecular complexity index is 1590. The maximum atomic E-state index is 13.9. The summed E-state index contributed by atoms with van der Waals surface area (Å²) in [5, 5.41) is 44.3. The molecule has 0 aliphatic heterocycles. The van der Waals surface area contributed by atoms with Crippen molar-refractivity contribution in [3.8, 4) is 5.75 Å². The van der Waals surface area contributed by atoms with Crippen molar-refractivity contribution in [2.24, 2.45) is 23.5 Å². The zero-order valence-corrected chi connectivity index (χ0v) is 22.5. The number of hydrogen-bond acceptors (Lipinski definition) is 10. The predicted octanol–water partition coefficient (Wildman–Crippen LogP) is 0.612. The van der Waals surface area contributed by atoms with Gasteiger partial charge in [0.2, 0.25) is 5.91 Å². The molecule has 3 aliphatic carbocycles. The number of rotatable bonds is 5. The van der Waals surface area contributed by atoms with Gasteiger partial charge in [0.25, 0.3) is 10.0 Å². The van der Waals surface area contributed by atoms with Gasteiger partial charge in [0, 0.05) is 31.3 Å². The van der Waals surface area contributed by atoms with E-state index in [0.717, 1.165) is 0 Å². The molecule has 5 rings (SSSR count). The summed E-state index contributed by atoms with van der Waals surface area (Å²) in [7, 11) is -0.811. The van der Waals surface area contributed by atoms with Crippen molar-refractivity contribution >= 4 is 38.9 Å². The first kappa shape index (κ1) is 27.6. The molecule has 0 spiro atoms. The lowest BCUT2D eigenvalue weighted by atomic mass is 9.58. The van der Waals surface area contributed by atoms with Gasteiger partial charge in [-0.25, -0.2) is 8.42 Å². The van der Waals surface area contributed by atoms with Gasteiger partial charge in [-0.2, -0.15) is 0 Å². The minimum absolute atomic E-state index is 0.0192. The molecular formula is C27H29N3O9S. The number of nitrogens with two attached hydrogens (primary N) is 1. The highest BCUT2D eigenvalue weighted by Gasteiger charge is 2.62. The van der Waals surface area contributed by atoms with Crippen LogP contribution in [0.5, 0.6) is 5.75 Å². The van der Waals surface area contributed by atoms with Gasteiger partial charge in [-0.15, -0.1) is 0 Å². The Balaban J connectivity index is 1.66. The lowest BCUT2D eigenvalue weighted by Gasteiger charge is -2.48. The first-order chi connectivity index (χ1) is 18.7. The number of benzene rings is 2. The summed E-state index contributed by atoms with van der Waals surface area (Å²) in [5.41, 5.74) is 2.58. The number of ketones is 2. The number of allylic oxidation sites excluding steroid dienone is 1. The predicted molar refractivity (Wildman–Crippen MR) is 142 cm³/mol. The lowest BCUT2D eigenvalue weighted by molar-refractivity contribution is -0.167. The topological polar surface area (TPSA) is 208 Å². The average molecular weight is 572 g/mol. The van der Waals surface area contributed by atoms with E-state index in [1.807, 2.05) is 0 Å². The van der Waals surface area contributed by atoms with Crippen LogP contribution in [-0.4, -0.2) is 72.1 Å². The summed E-state index contributed by atoms with van der Waals surface area (Å²) in [5.74, 6) is -8.37. The number of aromatic hydroxyl groups is 1. The van der Waals surface area contributed by atoms with E-state index >= 15 is 0 Å².